The summed E-state index contributed by atoms with van der Waals surface area (Å²) in [6.07, 6.45) is 14.4. The van der Waals surface area contributed by atoms with Crippen molar-refractivity contribution in [1.29, 1.82) is 0 Å². The van der Waals surface area contributed by atoms with Crippen LogP contribution in [0.4, 0.5) is 0 Å². The van der Waals surface area contributed by atoms with Crippen molar-refractivity contribution in [2.24, 2.45) is 40.2 Å². The lowest BCUT2D eigenvalue weighted by Crippen LogP contribution is -2.54. The first-order valence-electron chi connectivity index (χ1n) is 9.01. The molecule has 0 aromatic rings. The second-order valence-corrected chi connectivity index (χ2v) is 8.72. The average molecular weight is 287 g/mol. The molecule has 0 spiro atoms. The minimum Gasteiger partial charge on any atom is -0.330 e. The lowest BCUT2D eigenvalue weighted by Gasteiger charge is -2.59. The summed E-state index contributed by atoms with van der Waals surface area (Å²) in [6.45, 7) is 10.5. The molecular formula is C20H33N. The van der Waals surface area contributed by atoms with Gasteiger partial charge in [0.1, 0.15) is 0 Å². The van der Waals surface area contributed by atoms with E-state index >= 15 is 0 Å². The minimum absolute atomic E-state index is 0.369. The fraction of sp³-hybridized carbons (Fsp3) is 0.800. The first-order chi connectivity index (χ1) is 9.90. The first kappa shape index (κ1) is 15.3. The van der Waals surface area contributed by atoms with Crippen molar-refractivity contribution in [3.05, 3.63) is 23.8 Å². The Balaban J connectivity index is 1.91. The number of hydrogen-bond acceptors (Lipinski definition) is 1. The maximum Gasteiger partial charge on any atom is -0.00203 e. The quantitative estimate of drug-likeness (QED) is 0.765. The van der Waals surface area contributed by atoms with Crippen molar-refractivity contribution in [3.63, 3.8) is 0 Å². The van der Waals surface area contributed by atoms with E-state index in [0.29, 0.717) is 16.7 Å². The van der Waals surface area contributed by atoms with Crippen molar-refractivity contribution < 1.29 is 0 Å². The van der Waals surface area contributed by atoms with E-state index in [-0.39, 0.29) is 0 Å². The molecule has 3 unspecified atom stereocenters. The molecule has 21 heavy (non-hydrogen) atoms. The van der Waals surface area contributed by atoms with Gasteiger partial charge in [-0.1, -0.05) is 52.3 Å². The lowest BCUT2D eigenvalue weighted by molar-refractivity contribution is -0.0765. The van der Waals surface area contributed by atoms with Crippen molar-refractivity contribution >= 4 is 0 Å². The fourth-order valence-electron chi connectivity index (χ4n) is 5.82. The highest BCUT2D eigenvalue weighted by molar-refractivity contribution is 5.30. The summed E-state index contributed by atoms with van der Waals surface area (Å²) in [5.74, 6) is 2.98. The van der Waals surface area contributed by atoms with E-state index in [4.69, 9.17) is 5.73 Å². The summed E-state index contributed by atoms with van der Waals surface area (Å²) in [5.41, 5.74) is 8.59. The summed E-state index contributed by atoms with van der Waals surface area (Å²) >= 11 is 0. The van der Waals surface area contributed by atoms with E-state index in [1.807, 2.05) is 0 Å². The lowest BCUT2D eigenvalue weighted by atomic mass is 9.45. The smallest absolute Gasteiger partial charge is 0.00203 e. The molecule has 0 amide bonds. The molecule has 2 fully saturated rings. The number of allylic oxidation sites excluding steroid dienone is 4. The molecule has 3 rings (SSSR count). The van der Waals surface area contributed by atoms with Crippen LogP contribution < -0.4 is 5.73 Å². The fourth-order valence-corrected chi connectivity index (χ4v) is 5.82. The van der Waals surface area contributed by atoms with Crippen LogP contribution in [0.1, 0.15) is 59.8 Å². The third-order valence-corrected chi connectivity index (χ3v) is 7.15. The molecule has 1 nitrogen and oxygen atoms in total. The largest absolute Gasteiger partial charge is 0.330 e. The van der Waals surface area contributed by atoms with Gasteiger partial charge < -0.3 is 5.73 Å². The maximum absolute atomic E-state index is 6.20. The van der Waals surface area contributed by atoms with Gasteiger partial charge >= 0.3 is 0 Å². The van der Waals surface area contributed by atoms with Gasteiger partial charge in [-0.2, -0.15) is 0 Å². The van der Waals surface area contributed by atoms with Crippen molar-refractivity contribution in [2.75, 3.05) is 6.54 Å². The molecule has 0 heterocycles. The zero-order valence-corrected chi connectivity index (χ0v) is 14.4. The predicted molar refractivity (Wildman–Crippen MR) is 90.9 cm³/mol. The Bertz CT molecular complexity index is 460. The van der Waals surface area contributed by atoms with Gasteiger partial charge in [0.15, 0.2) is 0 Å². The third-order valence-electron chi connectivity index (χ3n) is 7.15. The standard InChI is InChI=1S/C20H33N/c1-14(2)15-6-8-17-16(12-15)7-9-18-19(3,13-21)10-5-11-20(17,18)4/h6,8,12,14,16-18H,5,7,9-11,13,21H2,1-4H3/t16?,17?,18?,19-,20+/m0/s1. The summed E-state index contributed by atoms with van der Waals surface area (Å²) in [7, 11) is 0. The van der Waals surface area contributed by atoms with Crippen LogP contribution in [0.15, 0.2) is 23.8 Å². The second-order valence-electron chi connectivity index (χ2n) is 8.72. The van der Waals surface area contributed by atoms with Gasteiger partial charge in [0.05, 0.1) is 0 Å². The molecule has 118 valence electrons. The summed E-state index contributed by atoms with van der Waals surface area (Å²) < 4.78 is 0. The van der Waals surface area contributed by atoms with Crippen LogP contribution in [0.5, 0.6) is 0 Å². The Hall–Kier alpha value is -0.560. The molecule has 0 aromatic carbocycles. The molecular weight excluding hydrogens is 254 g/mol. The molecule has 0 aromatic heterocycles. The van der Waals surface area contributed by atoms with Crippen molar-refractivity contribution in [3.8, 4) is 0 Å². The Morgan fingerprint density at radius 1 is 1.24 bits per heavy atom. The zero-order valence-electron chi connectivity index (χ0n) is 14.4. The summed E-state index contributed by atoms with van der Waals surface area (Å²) in [5, 5.41) is 0. The van der Waals surface area contributed by atoms with Crippen LogP contribution in [-0.2, 0) is 0 Å². The monoisotopic (exact) mass is 287 g/mol. The van der Waals surface area contributed by atoms with Gasteiger partial charge in [-0.3, -0.25) is 0 Å². The zero-order chi connectivity index (χ0) is 15.3. The molecule has 2 saturated carbocycles. The Morgan fingerprint density at radius 2 is 2.00 bits per heavy atom. The van der Waals surface area contributed by atoms with E-state index in [1.54, 1.807) is 5.57 Å². The highest BCUT2D eigenvalue weighted by Gasteiger charge is 2.54. The molecule has 5 atom stereocenters. The van der Waals surface area contributed by atoms with E-state index in [0.717, 1.165) is 24.3 Å². The molecule has 3 aliphatic carbocycles. The van der Waals surface area contributed by atoms with Crippen molar-refractivity contribution in [1.82, 2.24) is 0 Å². The van der Waals surface area contributed by atoms with E-state index < -0.39 is 0 Å². The molecule has 0 aliphatic heterocycles. The number of fused-ring (bicyclic) bond motifs is 3. The van der Waals surface area contributed by atoms with Crippen LogP contribution in [0.25, 0.3) is 0 Å². The predicted octanol–water partition coefficient (Wildman–Crippen LogP) is 4.94. The molecule has 0 saturated heterocycles. The first-order valence-corrected chi connectivity index (χ1v) is 9.01. The number of nitrogens with two attached hydrogens (primary N) is 1. The van der Waals surface area contributed by atoms with E-state index in [9.17, 15) is 0 Å². The van der Waals surface area contributed by atoms with Gasteiger partial charge in [0.2, 0.25) is 0 Å². The highest BCUT2D eigenvalue weighted by atomic mass is 14.7. The minimum atomic E-state index is 0.369. The Kier molecular flexibility index (Phi) is 3.84. The molecule has 2 N–H and O–H groups in total. The SMILES string of the molecule is CC(C)C1=CC2CCC3[C@](C)(CN)CCC[C@]3(C)C2C=C1. The number of rotatable bonds is 2. The number of hydrogen-bond donors (Lipinski definition) is 1. The summed E-state index contributed by atoms with van der Waals surface area (Å²) in [4.78, 5) is 0. The van der Waals surface area contributed by atoms with Crippen LogP contribution >= 0.6 is 0 Å². The topological polar surface area (TPSA) is 26.0 Å². The van der Waals surface area contributed by atoms with Crippen molar-refractivity contribution in [2.45, 2.75) is 59.8 Å². The maximum atomic E-state index is 6.20. The van der Waals surface area contributed by atoms with E-state index in [1.165, 1.54) is 32.1 Å². The normalized spacial score (nSPS) is 46.0. The van der Waals surface area contributed by atoms with Crippen LogP contribution in [-0.4, -0.2) is 6.54 Å². The van der Waals surface area contributed by atoms with Gasteiger partial charge in [-0.15, -0.1) is 0 Å². The molecule has 0 bridgehead atoms. The molecule has 1 heteroatoms. The highest BCUT2D eigenvalue weighted by Crippen LogP contribution is 2.62. The van der Waals surface area contributed by atoms with E-state index in [2.05, 4.69) is 45.9 Å². The van der Waals surface area contributed by atoms with Gasteiger partial charge in [-0.05, 0) is 72.3 Å². The molecule has 3 aliphatic rings. The average Bonchev–Trinajstić information content (AvgIpc) is 2.46. The van der Waals surface area contributed by atoms with Gasteiger partial charge in [-0.25, -0.2) is 0 Å². The second kappa shape index (κ2) is 5.26. The van der Waals surface area contributed by atoms with Crippen LogP contribution in [0, 0.1) is 34.5 Å². The van der Waals surface area contributed by atoms with Gasteiger partial charge in [0.25, 0.3) is 0 Å². The summed E-state index contributed by atoms with van der Waals surface area (Å²) in [6, 6.07) is 0. The van der Waals surface area contributed by atoms with Crippen LogP contribution in [0.3, 0.4) is 0 Å². The third kappa shape index (κ3) is 2.32. The van der Waals surface area contributed by atoms with Crippen LogP contribution in [0.2, 0.25) is 0 Å². The Morgan fingerprint density at radius 3 is 2.67 bits per heavy atom. The Labute approximate surface area is 131 Å². The van der Waals surface area contributed by atoms with Gasteiger partial charge in [0, 0.05) is 0 Å². The molecule has 0 radical (unpaired) electrons.